The molecule has 3 aromatic rings. The van der Waals surface area contributed by atoms with Crippen molar-refractivity contribution in [1.29, 1.82) is 0 Å². The van der Waals surface area contributed by atoms with Crippen molar-refractivity contribution in [1.82, 2.24) is 9.88 Å². The molecule has 0 N–H and O–H groups in total. The zero-order valence-electron chi connectivity index (χ0n) is 21.9. The highest BCUT2D eigenvalue weighted by Crippen LogP contribution is 2.31. The number of carbonyl (C=O) groups is 1. The van der Waals surface area contributed by atoms with Gasteiger partial charge in [-0.1, -0.05) is 36.8 Å². The van der Waals surface area contributed by atoms with Crippen LogP contribution >= 0.6 is 0 Å². The van der Waals surface area contributed by atoms with Crippen LogP contribution in [-0.2, 0) is 17.8 Å². The molecule has 5 heteroatoms. The minimum Gasteiger partial charge on any atom is -0.492 e. The number of aryl methyl sites for hydroxylation is 3. The van der Waals surface area contributed by atoms with Crippen LogP contribution in [0.2, 0.25) is 0 Å². The lowest BCUT2D eigenvalue weighted by molar-refractivity contribution is -0.116. The number of carbonyl (C=O) groups excluding carboxylic acids is 1. The molecule has 0 spiro atoms. The average molecular weight is 487 g/mol. The normalized spacial score (nSPS) is 14.0. The maximum atomic E-state index is 11.2. The molecule has 1 aromatic heterocycles. The Bertz CT molecular complexity index is 1130. The summed E-state index contributed by atoms with van der Waals surface area (Å²) in [5.41, 5.74) is 6.56. The van der Waals surface area contributed by atoms with Crippen LogP contribution in [-0.4, -0.2) is 41.9 Å². The van der Waals surface area contributed by atoms with Gasteiger partial charge in [0.1, 0.15) is 24.7 Å². The second-order valence-electron chi connectivity index (χ2n) is 9.85. The summed E-state index contributed by atoms with van der Waals surface area (Å²) in [6.45, 7) is 10.4. The smallest absolute Gasteiger partial charge is 0.214 e. The predicted molar refractivity (Wildman–Crippen MR) is 145 cm³/mol. The van der Waals surface area contributed by atoms with Crippen LogP contribution in [0.1, 0.15) is 54.9 Å². The maximum Gasteiger partial charge on any atom is 0.214 e. The number of hydrogen-bond acceptors (Lipinski definition) is 5. The van der Waals surface area contributed by atoms with Crippen molar-refractivity contribution in [3.63, 3.8) is 0 Å². The molecule has 4 rings (SSSR count). The molecule has 1 saturated heterocycles. The summed E-state index contributed by atoms with van der Waals surface area (Å²) in [5.74, 6) is 1.74. The number of hydrogen-bond donors (Lipinski definition) is 0. The van der Waals surface area contributed by atoms with Gasteiger partial charge in [-0.05, 0) is 93.6 Å². The van der Waals surface area contributed by atoms with E-state index >= 15 is 0 Å². The van der Waals surface area contributed by atoms with Gasteiger partial charge >= 0.3 is 0 Å². The monoisotopic (exact) mass is 486 g/mol. The Hall–Kier alpha value is -3.18. The lowest BCUT2D eigenvalue weighted by Crippen LogP contribution is -2.33. The highest BCUT2D eigenvalue weighted by Gasteiger charge is 2.13. The van der Waals surface area contributed by atoms with Gasteiger partial charge in [-0.15, -0.1) is 0 Å². The first kappa shape index (κ1) is 25.9. The molecule has 1 fully saturated rings. The topological polar surface area (TPSA) is 51.7 Å². The average Bonchev–Trinajstić information content (AvgIpc) is 2.87. The van der Waals surface area contributed by atoms with Crippen molar-refractivity contribution >= 4 is 5.78 Å². The van der Waals surface area contributed by atoms with Gasteiger partial charge in [-0.25, -0.2) is 4.98 Å². The molecule has 0 radical (unpaired) electrons. The molecule has 2 aromatic carbocycles. The Morgan fingerprint density at radius 3 is 2.31 bits per heavy atom. The summed E-state index contributed by atoms with van der Waals surface area (Å²) in [5, 5.41) is 0. The van der Waals surface area contributed by atoms with Gasteiger partial charge in [0.25, 0.3) is 0 Å². The van der Waals surface area contributed by atoms with Crippen LogP contribution in [0.5, 0.6) is 11.6 Å². The Morgan fingerprint density at radius 2 is 1.61 bits per heavy atom. The summed E-state index contributed by atoms with van der Waals surface area (Å²) in [7, 11) is 0. The molecule has 2 heterocycles. The molecule has 1 aliphatic heterocycles. The highest BCUT2D eigenvalue weighted by atomic mass is 16.5. The molecule has 190 valence electrons. The quantitative estimate of drug-likeness (QED) is 0.317. The van der Waals surface area contributed by atoms with Crippen LogP contribution in [0.3, 0.4) is 0 Å². The third-order valence-electron chi connectivity index (χ3n) is 6.79. The minimum atomic E-state index is 0.217. The number of pyridine rings is 1. The van der Waals surface area contributed by atoms with Gasteiger partial charge in [0.2, 0.25) is 5.88 Å². The summed E-state index contributed by atoms with van der Waals surface area (Å²) < 4.78 is 12.1. The van der Waals surface area contributed by atoms with Crippen molar-refractivity contribution in [2.45, 2.75) is 59.5 Å². The van der Waals surface area contributed by atoms with Crippen molar-refractivity contribution in [3.05, 3.63) is 76.9 Å². The van der Waals surface area contributed by atoms with Crippen LogP contribution in [0, 0.1) is 13.8 Å². The molecular weight excluding hydrogens is 448 g/mol. The molecule has 0 aliphatic carbocycles. The van der Waals surface area contributed by atoms with Crippen molar-refractivity contribution in [2.75, 3.05) is 26.2 Å². The second-order valence-corrected chi connectivity index (χ2v) is 9.85. The number of aromatic nitrogens is 1. The first-order chi connectivity index (χ1) is 17.5. The molecule has 0 atom stereocenters. The molecule has 36 heavy (non-hydrogen) atoms. The van der Waals surface area contributed by atoms with Gasteiger partial charge in [-0.3, -0.25) is 4.90 Å². The number of nitrogens with zero attached hydrogens (tertiary/aromatic N) is 2. The van der Waals surface area contributed by atoms with Gasteiger partial charge in [0.15, 0.2) is 0 Å². The Kier molecular flexibility index (Phi) is 9.12. The first-order valence-electron chi connectivity index (χ1n) is 13.1. The van der Waals surface area contributed by atoms with E-state index in [-0.39, 0.29) is 5.78 Å². The van der Waals surface area contributed by atoms with Crippen LogP contribution < -0.4 is 9.47 Å². The fraction of sp³-hybridized carbons (Fsp3) is 0.419. The van der Waals surface area contributed by atoms with E-state index in [4.69, 9.17) is 14.5 Å². The summed E-state index contributed by atoms with van der Waals surface area (Å²) in [6, 6.07) is 18.4. The summed E-state index contributed by atoms with van der Waals surface area (Å²) >= 11 is 0. The van der Waals surface area contributed by atoms with Crippen LogP contribution in [0.4, 0.5) is 0 Å². The predicted octanol–water partition coefficient (Wildman–Crippen LogP) is 6.33. The lowest BCUT2D eigenvalue weighted by Gasteiger charge is -2.26. The zero-order chi connectivity index (χ0) is 25.3. The van der Waals surface area contributed by atoms with E-state index in [1.807, 2.05) is 18.2 Å². The third kappa shape index (κ3) is 7.41. The van der Waals surface area contributed by atoms with Gasteiger partial charge in [0, 0.05) is 24.6 Å². The molecular formula is C31H38N2O3. The maximum absolute atomic E-state index is 11.2. The second kappa shape index (κ2) is 12.7. The lowest BCUT2D eigenvalue weighted by atomic mass is 9.99. The van der Waals surface area contributed by atoms with Gasteiger partial charge in [-0.2, -0.15) is 0 Å². The number of likely N-dealkylation sites (tertiary alicyclic amines) is 1. The number of benzene rings is 2. The largest absolute Gasteiger partial charge is 0.492 e. The fourth-order valence-electron chi connectivity index (χ4n) is 4.80. The van der Waals surface area contributed by atoms with E-state index in [0.717, 1.165) is 53.3 Å². The number of piperidine rings is 1. The molecule has 1 aliphatic rings. The van der Waals surface area contributed by atoms with Gasteiger partial charge < -0.3 is 14.3 Å². The Morgan fingerprint density at radius 1 is 0.917 bits per heavy atom. The first-order valence-corrected chi connectivity index (χ1v) is 13.1. The zero-order valence-corrected chi connectivity index (χ0v) is 21.9. The summed E-state index contributed by atoms with van der Waals surface area (Å²) in [4.78, 5) is 18.5. The van der Waals surface area contributed by atoms with E-state index in [0.29, 0.717) is 18.9 Å². The third-order valence-corrected chi connectivity index (χ3v) is 6.79. The fourth-order valence-corrected chi connectivity index (χ4v) is 4.80. The summed E-state index contributed by atoms with van der Waals surface area (Å²) in [6.07, 6.45) is 5.32. The number of Topliss-reactive ketones (excluding diaryl/α,β-unsaturated/α-hetero) is 1. The van der Waals surface area contributed by atoms with E-state index in [2.05, 4.69) is 55.1 Å². The number of rotatable bonds is 11. The van der Waals surface area contributed by atoms with Gasteiger partial charge in [0.05, 0.1) is 5.69 Å². The Labute approximate surface area is 215 Å². The molecule has 0 amide bonds. The van der Waals surface area contributed by atoms with Crippen molar-refractivity contribution in [2.24, 2.45) is 0 Å². The molecule has 0 saturated carbocycles. The SMILES string of the molecule is CC(=O)CCc1ccc(COc2cccc(-c3c(C)cc(OCCN4CCCCC4)cc3C)n2)cc1. The highest BCUT2D eigenvalue weighted by molar-refractivity contribution is 5.75. The van der Waals surface area contributed by atoms with E-state index in [1.54, 1.807) is 6.92 Å². The van der Waals surface area contributed by atoms with E-state index in [1.165, 1.54) is 37.9 Å². The molecule has 0 bridgehead atoms. The number of ketones is 1. The van der Waals surface area contributed by atoms with E-state index < -0.39 is 0 Å². The molecule has 0 unspecified atom stereocenters. The van der Waals surface area contributed by atoms with Crippen molar-refractivity contribution in [3.8, 4) is 22.9 Å². The van der Waals surface area contributed by atoms with Crippen LogP contribution in [0.15, 0.2) is 54.6 Å². The van der Waals surface area contributed by atoms with E-state index in [9.17, 15) is 4.79 Å². The Balaban J connectivity index is 1.36. The standard InChI is InChI=1S/C31H38N2O3/c1-23-20-28(35-19-18-33-16-5-4-6-17-33)21-24(2)31(23)29-8-7-9-30(32-29)36-22-27-14-12-26(13-15-27)11-10-25(3)34/h7-9,12-15,20-21H,4-6,10-11,16-19,22H2,1-3H3. The van der Waals surface area contributed by atoms with Crippen molar-refractivity contribution < 1.29 is 14.3 Å². The minimum absolute atomic E-state index is 0.217. The number of ether oxygens (including phenoxy) is 2. The van der Waals surface area contributed by atoms with Crippen LogP contribution in [0.25, 0.3) is 11.3 Å². The molecule has 5 nitrogen and oxygen atoms in total.